The van der Waals surface area contributed by atoms with Crippen LogP contribution >= 0.6 is 0 Å². The number of rotatable bonds is 4. The predicted molar refractivity (Wildman–Crippen MR) is 65.2 cm³/mol. The summed E-state index contributed by atoms with van der Waals surface area (Å²) in [6.45, 7) is -3.21. The smallest absolute Gasteiger partial charge is 0.434 e. The van der Waals surface area contributed by atoms with Gasteiger partial charge in [-0.2, -0.15) is 8.78 Å². The average Bonchev–Trinajstić information content (AvgIpc) is 2.39. The topological polar surface area (TPSA) is 18.5 Å². The number of para-hydroxylation sites is 1. The van der Waals surface area contributed by atoms with E-state index in [1.54, 1.807) is 0 Å². The van der Waals surface area contributed by atoms with Crippen LogP contribution in [0.3, 0.4) is 0 Å². The van der Waals surface area contributed by atoms with Gasteiger partial charge in [0, 0.05) is 11.1 Å². The fraction of sp³-hybridized carbons (Fsp3) is 0.143. The first-order valence-electron chi connectivity index (χ1n) is 5.86. The quantitative estimate of drug-likeness (QED) is 0.738. The van der Waals surface area contributed by atoms with E-state index in [0.717, 1.165) is 24.3 Å². The van der Waals surface area contributed by atoms with E-state index in [-0.39, 0.29) is 11.1 Å². The summed E-state index contributed by atoms with van der Waals surface area (Å²) in [6, 6.07) is 7.33. The molecule has 0 bridgehead atoms. The second kappa shape index (κ2) is 6.17. The summed E-state index contributed by atoms with van der Waals surface area (Å²) in [4.78, 5) is 0. The van der Waals surface area contributed by atoms with E-state index in [2.05, 4.69) is 9.47 Å². The standard InChI is InChI=1S/C14H8F6O2/c15-8-5-6-11(21-13(16)17)10(7-8)9-3-1-2-4-12(9)22-14(18,19)20/h1-7,13H. The third kappa shape index (κ3) is 4.06. The minimum absolute atomic E-state index is 0.227. The largest absolute Gasteiger partial charge is 0.573 e. The lowest BCUT2D eigenvalue weighted by Crippen LogP contribution is -2.17. The normalized spacial score (nSPS) is 11.6. The third-order valence-corrected chi connectivity index (χ3v) is 2.56. The molecule has 0 aromatic heterocycles. The number of hydrogen-bond acceptors (Lipinski definition) is 2. The van der Waals surface area contributed by atoms with Crippen molar-refractivity contribution >= 4 is 0 Å². The minimum Gasteiger partial charge on any atom is -0.434 e. The molecule has 118 valence electrons. The highest BCUT2D eigenvalue weighted by Crippen LogP contribution is 2.39. The van der Waals surface area contributed by atoms with E-state index in [0.29, 0.717) is 0 Å². The highest BCUT2D eigenvalue weighted by atomic mass is 19.4. The van der Waals surface area contributed by atoms with Gasteiger partial charge in [0.05, 0.1) is 0 Å². The van der Waals surface area contributed by atoms with Gasteiger partial charge < -0.3 is 9.47 Å². The van der Waals surface area contributed by atoms with Gasteiger partial charge >= 0.3 is 13.0 Å². The Labute approximate surface area is 120 Å². The molecule has 0 spiro atoms. The third-order valence-electron chi connectivity index (χ3n) is 2.56. The van der Waals surface area contributed by atoms with Crippen LogP contribution in [0.25, 0.3) is 11.1 Å². The molecule has 0 radical (unpaired) electrons. The number of benzene rings is 2. The molecule has 2 aromatic rings. The molecule has 2 aromatic carbocycles. The van der Waals surface area contributed by atoms with Gasteiger partial charge in [-0.3, -0.25) is 0 Å². The van der Waals surface area contributed by atoms with E-state index in [9.17, 15) is 26.3 Å². The zero-order valence-electron chi connectivity index (χ0n) is 10.7. The van der Waals surface area contributed by atoms with Crippen molar-refractivity contribution in [2.45, 2.75) is 13.0 Å². The molecule has 2 nitrogen and oxygen atoms in total. The van der Waals surface area contributed by atoms with E-state index in [4.69, 9.17) is 0 Å². The van der Waals surface area contributed by atoms with Crippen LogP contribution in [0.2, 0.25) is 0 Å². The molecular weight excluding hydrogens is 314 g/mol. The van der Waals surface area contributed by atoms with E-state index >= 15 is 0 Å². The van der Waals surface area contributed by atoms with Crippen molar-refractivity contribution in [3.63, 3.8) is 0 Å². The maximum Gasteiger partial charge on any atom is 0.573 e. The number of alkyl halides is 5. The van der Waals surface area contributed by atoms with Crippen LogP contribution < -0.4 is 9.47 Å². The molecular formula is C14H8F6O2. The Bertz CT molecular complexity index is 654. The van der Waals surface area contributed by atoms with E-state index < -0.39 is 30.3 Å². The fourth-order valence-corrected chi connectivity index (χ4v) is 1.81. The summed E-state index contributed by atoms with van der Waals surface area (Å²) < 4.78 is 83.2. The molecule has 0 atom stereocenters. The molecule has 0 amide bonds. The zero-order chi connectivity index (χ0) is 16.3. The molecule has 2 rings (SSSR count). The molecule has 0 saturated carbocycles. The number of halogens is 6. The molecule has 0 heterocycles. The summed E-state index contributed by atoms with van der Waals surface area (Å²) in [7, 11) is 0. The Morgan fingerprint density at radius 2 is 1.55 bits per heavy atom. The van der Waals surface area contributed by atoms with E-state index in [1.165, 1.54) is 18.2 Å². The Balaban J connectivity index is 2.54. The Morgan fingerprint density at radius 3 is 2.18 bits per heavy atom. The second-order valence-electron chi connectivity index (χ2n) is 4.06. The van der Waals surface area contributed by atoms with Crippen molar-refractivity contribution in [1.82, 2.24) is 0 Å². The number of ether oxygens (including phenoxy) is 2. The van der Waals surface area contributed by atoms with Gasteiger partial charge in [-0.05, 0) is 24.3 Å². The van der Waals surface area contributed by atoms with Crippen LogP contribution in [-0.2, 0) is 0 Å². The predicted octanol–water partition coefficient (Wildman–Crippen LogP) is 4.99. The lowest BCUT2D eigenvalue weighted by atomic mass is 10.0. The summed E-state index contributed by atoms with van der Waals surface area (Å²) >= 11 is 0. The Morgan fingerprint density at radius 1 is 0.864 bits per heavy atom. The van der Waals surface area contributed by atoms with Crippen molar-refractivity contribution in [3.05, 3.63) is 48.3 Å². The van der Waals surface area contributed by atoms with Crippen LogP contribution in [-0.4, -0.2) is 13.0 Å². The number of hydrogen-bond donors (Lipinski definition) is 0. The van der Waals surface area contributed by atoms with Crippen molar-refractivity contribution in [1.29, 1.82) is 0 Å². The molecule has 0 N–H and O–H groups in total. The van der Waals surface area contributed by atoms with E-state index in [1.807, 2.05) is 0 Å². The molecule has 22 heavy (non-hydrogen) atoms. The van der Waals surface area contributed by atoms with Crippen molar-refractivity contribution in [2.24, 2.45) is 0 Å². The summed E-state index contributed by atoms with van der Waals surface area (Å²) in [5.41, 5.74) is -0.505. The zero-order valence-corrected chi connectivity index (χ0v) is 10.7. The molecule has 0 aliphatic carbocycles. The van der Waals surface area contributed by atoms with Crippen LogP contribution in [0.4, 0.5) is 26.3 Å². The summed E-state index contributed by atoms with van der Waals surface area (Å²) in [5.74, 6) is -1.94. The maximum absolute atomic E-state index is 13.3. The molecule has 0 aliphatic rings. The highest BCUT2D eigenvalue weighted by molar-refractivity contribution is 5.75. The molecule has 0 unspecified atom stereocenters. The van der Waals surface area contributed by atoms with Crippen LogP contribution in [0.1, 0.15) is 0 Å². The Hall–Kier alpha value is -2.38. The van der Waals surface area contributed by atoms with Crippen LogP contribution in [0, 0.1) is 5.82 Å². The first-order chi connectivity index (χ1) is 10.3. The average molecular weight is 322 g/mol. The van der Waals surface area contributed by atoms with Gasteiger partial charge in [0.1, 0.15) is 17.3 Å². The van der Waals surface area contributed by atoms with Crippen molar-refractivity contribution in [2.75, 3.05) is 0 Å². The van der Waals surface area contributed by atoms with Crippen molar-refractivity contribution in [3.8, 4) is 22.6 Å². The first-order valence-corrected chi connectivity index (χ1v) is 5.86. The molecule has 0 fully saturated rings. The van der Waals surface area contributed by atoms with Gasteiger partial charge in [0.25, 0.3) is 0 Å². The maximum atomic E-state index is 13.3. The van der Waals surface area contributed by atoms with Gasteiger partial charge in [-0.1, -0.05) is 18.2 Å². The van der Waals surface area contributed by atoms with Gasteiger partial charge in [0.15, 0.2) is 0 Å². The SMILES string of the molecule is Fc1ccc(OC(F)F)c(-c2ccccc2OC(F)(F)F)c1. The molecule has 8 heteroatoms. The van der Waals surface area contributed by atoms with Gasteiger partial charge in [-0.25, -0.2) is 4.39 Å². The Kier molecular flexibility index (Phi) is 4.48. The molecule has 0 saturated heterocycles. The minimum atomic E-state index is -4.98. The summed E-state index contributed by atoms with van der Waals surface area (Å²) in [6.07, 6.45) is -4.98. The lowest BCUT2D eigenvalue weighted by Gasteiger charge is -2.16. The monoisotopic (exact) mass is 322 g/mol. The van der Waals surface area contributed by atoms with Crippen molar-refractivity contribution < 1.29 is 35.8 Å². The fourth-order valence-electron chi connectivity index (χ4n) is 1.81. The van der Waals surface area contributed by atoms with Gasteiger partial charge in [-0.15, -0.1) is 13.2 Å². The second-order valence-corrected chi connectivity index (χ2v) is 4.06. The van der Waals surface area contributed by atoms with Crippen LogP contribution in [0.5, 0.6) is 11.5 Å². The van der Waals surface area contributed by atoms with Gasteiger partial charge in [0.2, 0.25) is 0 Å². The lowest BCUT2D eigenvalue weighted by molar-refractivity contribution is -0.274. The first kappa shape index (κ1) is 16.0. The summed E-state index contributed by atoms with van der Waals surface area (Å²) in [5, 5.41) is 0. The highest BCUT2D eigenvalue weighted by Gasteiger charge is 2.32. The molecule has 0 aliphatic heterocycles. The van der Waals surface area contributed by atoms with Crippen LogP contribution in [0.15, 0.2) is 42.5 Å².